The van der Waals surface area contributed by atoms with Crippen LogP contribution in [0.5, 0.6) is 5.75 Å². The molecule has 130 valence electrons. The smallest absolute Gasteiger partial charge is 0.227 e. The lowest BCUT2D eigenvalue weighted by Gasteiger charge is -2.18. The molecule has 26 heavy (non-hydrogen) atoms. The van der Waals surface area contributed by atoms with Gasteiger partial charge < -0.3 is 10.0 Å². The van der Waals surface area contributed by atoms with Gasteiger partial charge in [0.15, 0.2) is 0 Å². The predicted molar refractivity (Wildman–Crippen MR) is 103 cm³/mol. The number of hydrogen-bond donors (Lipinski definition) is 1. The first-order valence-electron chi connectivity index (χ1n) is 8.48. The molecule has 3 aromatic rings. The molecule has 2 aromatic carbocycles. The first-order chi connectivity index (χ1) is 12.6. The highest BCUT2D eigenvalue weighted by molar-refractivity contribution is 6.34. The van der Waals surface area contributed by atoms with Crippen molar-refractivity contribution in [1.29, 1.82) is 0 Å². The molecule has 4 rings (SSSR count). The minimum Gasteiger partial charge on any atom is -0.507 e. The quantitative estimate of drug-likeness (QED) is 0.719. The van der Waals surface area contributed by atoms with Gasteiger partial charge in [0, 0.05) is 36.5 Å². The summed E-state index contributed by atoms with van der Waals surface area (Å²) in [4.78, 5) is 17.7. The Morgan fingerprint density at radius 1 is 1.00 bits per heavy atom. The Kier molecular flexibility index (Phi) is 4.35. The second-order valence-electron chi connectivity index (χ2n) is 6.25. The lowest BCUT2D eigenvalue weighted by atomic mass is 9.97. The minimum absolute atomic E-state index is 0.0992. The highest BCUT2D eigenvalue weighted by Gasteiger charge is 2.24. The lowest BCUT2D eigenvalue weighted by molar-refractivity contribution is -0.117. The van der Waals surface area contributed by atoms with Crippen molar-refractivity contribution < 1.29 is 9.90 Å². The molecule has 1 aliphatic rings. The number of carbonyl (C=O) groups is 1. The summed E-state index contributed by atoms with van der Waals surface area (Å²) < 4.78 is 0. The molecule has 0 saturated carbocycles. The third kappa shape index (κ3) is 2.93. The van der Waals surface area contributed by atoms with E-state index < -0.39 is 0 Å². The average molecular weight is 365 g/mol. The third-order valence-corrected chi connectivity index (χ3v) is 4.95. The van der Waals surface area contributed by atoms with Crippen LogP contribution in [0.1, 0.15) is 12.8 Å². The van der Waals surface area contributed by atoms with E-state index in [1.54, 1.807) is 23.4 Å². The van der Waals surface area contributed by atoms with Crippen LogP contribution in [-0.4, -0.2) is 22.5 Å². The van der Waals surface area contributed by atoms with Crippen molar-refractivity contribution in [2.75, 3.05) is 11.4 Å². The molecule has 2 heterocycles. The standard InChI is InChI=1S/C21H17ClN2O2/c22-18-13-15(6-7-19(18)24-12-2-5-20(24)25)17-4-1-3-16(21(17)26)14-8-10-23-11-9-14/h1,3-4,6-11,13,26H,2,5,12H2. The molecule has 5 heteroatoms. The SMILES string of the molecule is O=C1CCCN1c1ccc(-c2cccc(-c3ccncc3)c2O)cc1Cl. The summed E-state index contributed by atoms with van der Waals surface area (Å²) in [5.41, 5.74) is 3.85. The summed E-state index contributed by atoms with van der Waals surface area (Å²) >= 11 is 6.45. The number of benzene rings is 2. The summed E-state index contributed by atoms with van der Waals surface area (Å²) in [6.45, 7) is 0.695. The van der Waals surface area contributed by atoms with Gasteiger partial charge in [0.05, 0.1) is 10.7 Å². The number of carbonyl (C=O) groups excluding carboxylic acids is 1. The van der Waals surface area contributed by atoms with Crippen molar-refractivity contribution in [3.63, 3.8) is 0 Å². The maximum absolute atomic E-state index is 12.0. The van der Waals surface area contributed by atoms with Gasteiger partial charge in [-0.2, -0.15) is 0 Å². The Bertz CT molecular complexity index is 973. The zero-order chi connectivity index (χ0) is 18.1. The molecule has 0 atom stereocenters. The number of phenolic OH excluding ortho intramolecular Hbond substituents is 1. The number of nitrogens with zero attached hydrogens (tertiary/aromatic N) is 2. The van der Waals surface area contributed by atoms with Crippen LogP contribution >= 0.6 is 11.6 Å². The Morgan fingerprint density at radius 2 is 1.73 bits per heavy atom. The maximum atomic E-state index is 12.0. The van der Waals surface area contributed by atoms with Crippen LogP contribution < -0.4 is 4.90 Å². The van der Waals surface area contributed by atoms with E-state index in [-0.39, 0.29) is 11.7 Å². The van der Waals surface area contributed by atoms with Gasteiger partial charge >= 0.3 is 0 Å². The first kappa shape index (κ1) is 16.6. The van der Waals surface area contributed by atoms with Crippen LogP contribution in [0, 0.1) is 0 Å². The Morgan fingerprint density at radius 3 is 2.38 bits per heavy atom. The van der Waals surface area contributed by atoms with Crippen LogP contribution in [0.4, 0.5) is 5.69 Å². The lowest BCUT2D eigenvalue weighted by Crippen LogP contribution is -2.23. The number of pyridine rings is 1. The van der Waals surface area contributed by atoms with E-state index in [2.05, 4.69) is 4.98 Å². The van der Waals surface area contributed by atoms with Crippen LogP contribution in [-0.2, 0) is 4.79 Å². The Labute approximate surface area is 156 Å². The summed E-state index contributed by atoms with van der Waals surface area (Å²) in [6, 6.07) is 14.9. The maximum Gasteiger partial charge on any atom is 0.227 e. The second-order valence-corrected chi connectivity index (χ2v) is 6.66. The van der Waals surface area contributed by atoms with E-state index in [0.717, 1.165) is 28.8 Å². The second kappa shape index (κ2) is 6.81. The number of hydrogen-bond acceptors (Lipinski definition) is 3. The molecule has 0 spiro atoms. The van der Waals surface area contributed by atoms with Gasteiger partial charge in [-0.15, -0.1) is 0 Å². The van der Waals surface area contributed by atoms with E-state index in [1.165, 1.54) is 0 Å². The summed E-state index contributed by atoms with van der Waals surface area (Å²) in [5.74, 6) is 0.293. The van der Waals surface area contributed by atoms with Crippen molar-refractivity contribution in [1.82, 2.24) is 4.98 Å². The topological polar surface area (TPSA) is 53.4 Å². The van der Waals surface area contributed by atoms with E-state index >= 15 is 0 Å². The molecule has 1 aromatic heterocycles. The Hall–Kier alpha value is -2.85. The molecule has 1 N–H and O–H groups in total. The average Bonchev–Trinajstić information content (AvgIpc) is 3.08. The van der Waals surface area contributed by atoms with E-state index in [0.29, 0.717) is 23.6 Å². The minimum atomic E-state index is 0.0992. The number of aromatic hydroxyl groups is 1. The number of rotatable bonds is 3. The highest BCUT2D eigenvalue weighted by atomic mass is 35.5. The van der Waals surface area contributed by atoms with Crippen molar-refractivity contribution in [2.45, 2.75) is 12.8 Å². The molecule has 0 radical (unpaired) electrons. The van der Waals surface area contributed by atoms with Gasteiger partial charge in [-0.25, -0.2) is 0 Å². The highest BCUT2D eigenvalue weighted by Crippen LogP contribution is 2.40. The molecule has 0 bridgehead atoms. The molecule has 4 nitrogen and oxygen atoms in total. The number of halogens is 1. The summed E-state index contributed by atoms with van der Waals surface area (Å²) in [7, 11) is 0. The number of amides is 1. The number of para-hydroxylation sites is 1. The van der Waals surface area contributed by atoms with Gasteiger partial charge in [0.1, 0.15) is 5.75 Å². The van der Waals surface area contributed by atoms with Crippen LogP contribution in [0.2, 0.25) is 5.02 Å². The van der Waals surface area contributed by atoms with Crippen LogP contribution in [0.15, 0.2) is 60.9 Å². The molecule has 1 aliphatic heterocycles. The van der Waals surface area contributed by atoms with Gasteiger partial charge in [-0.05, 0) is 41.8 Å². The molecular formula is C21H17ClN2O2. The molecule has 1 fully saturated rings. The van der Waals surface area contributed by atoms with Gasteiger partial charge in [0.2, 0.25) is 5.91 Å². The fraction of sp³-hybridized carbons (Fsp3) is 0.143. The van der Waals surface area contributed by atoms with Crippen molar-refractivity contribution >= 4 is 23.2 Å². The predicted octanol–water partition coefficient (Wildman–Crippen LogP) is 4.90. The van der Waals surface area contributed by atoms with E-state index in [1.807, 2.05) is 42.5 Å². The first-order valence-corrected chi connectivity index (χ1v) is 8.85. The molecular weight excluding hydrogens is 348 g/mol. The van der Waals surface area contributed by atoms with Crippen LogP contribution in [0.3, 0.4) is 0 Å². The fourth-order valence-electron chi connectivity index (χ4n) is 3.34. The summed E-state index contributed by atoms with van der Waals surface area (Å²) in [6.07, 6.45) is 4.80. The van der Waals surface area contributed by atoms with E-state index in [9.17, 15) is 9.90 Å². The number of aromatic nitrogens is 1. The molecule has 1 saturated heterocycles. The zero-order valence-corrected chi connectivity index (χ0v) is 14.8. The third-order valence-electron chi connectivity index (χ3n) is 4.65. The van der Waals surface area contributed by atoms with E-state index in [4.69, 9.17) is 11.6 Å². The van der Waals surface area contributed by atoms with Crippen molar-refractivity contribution in [3.05, 3.63) is 65.9 Å². The Balaban J connectivity index is 1.75. The van der Waals surface area contributed by atoms with Crippen molar-refractivity contribution in [3.8, 4) is 28.0 Å². The van der Waals surface area contributed by atoms with Crippen LogP contribution in [0.25, 0.3) is 22.3 Å². The molecule has 0 aliphatic carbocycles. The van der Waals surface area contributed by atoms with Crippen molar-refractivity contribution in [2.24, 2.45) is 0 Å². The number of phenols is 1. The van der Waals surface area contributed by atoms with Gasteiger partial charge in [-0.1, -0.05) is 35.9 Å². The molecule has 0 unspecified atom stereocenters. The fourth-order valence-corrected chi connectivity index (χ4v) is 3.62. The largest absolute Gasteiger partial charge is 0.507 e. The molecule has 1 amide bonds. The normalized spacial score (nSPS) is 14.0. The summed E-state index contributed by atoms with van der Waals surface area (Å²) in [5, 5.41) is 11.3. The van der Waals surface area contributed by atoms with Gasteiger partial charge in [-0.3, -0.25) is 9.78 Å². The monoisotopic (exact) mass is 364 g/mol. The number of anilines is 1. The van der Waals surface area contributed by atoms with Gasteiger partial charge in [0.25, 0.3) is 0 Å². The zero-order valence-electron chi connectivity index (χ0n) is 14.0.